The number of benzene rings is 1. The molecular weight excluding hydrogens is 307 g/mol. The Labute approximate surface area is 131 Å². The van der Waals surface area contributed by atoms with E-state index in [9.17, 15) is 13.2 Å². The molecule has 2 heterocycles. The fourth-order valence-corrected chi connectivity index (χ4v) is 2.46. The zero-order valence-corrected chi connectivity index (χ0v) is 13.6. The van der Waals surface area contributed by atoms with E-state index in [2.05, 4.69) is 15.1 Å². The van der Waals surface area contributed by atoms with Gasteiger partial charge in [-0.1, -0.05) is 19.0 Å². The van der Waals surface area contributed by atoms with Crippen molar-refractivity contribution < 1.29 is 17.7 Å². The van der Waals surface area contributed by atoms with Crippen LogP contribution in [0.3, 0.4) is 0 Å². The number of aryl methyl sites for hydroxylation is 3. The van der Waals surface area contributed by atoms with Gasteiger partial charge in [0, 0.05) is 5.56 Å². The second kappa shape index (κ2) is 6.06. The van der Waals surface area contributed by atoms with Crippen molar-refractivity contribution in [1.82, 2.24) is 15.1 Å². The minimum absolute atomic E-state index is 0.317. The highest BCUT2D eigenvalue weighted by Crippen LogP contribution is 2.33. The summed E-state index contributed by atoms with van der Waals surface area (Å²) < 4.78 is 43.3. The van der Waals surface area contributed by atoms with Gasteiger partial charge in [-0.25, -0.2) is 4.98 Å². The van der Waals surface area contributed by atoms with Gasteiger partial charge in [-0.3, -0.25) is 0 Å². The lowest BCUT2D eigenvalue weighted by molar-refractivity contribution is -0.144. The molecule has 1 N–H and O–H groups in total. The fourth-order valence-electron chi connectivity index (χ4n) is 2.46. The van der Waals surface area contributed by atoms with Crippen molar-refractivity contribution >= 4 is 11.0 Å². The third kappa shape index (κ3) is 3.09. The van der Waals surface area contributed by atoms with Gasteiger partial charge in [0.05, 0.1) is 16.7 Å². The van der Waals surface area contributed by atoms with Crippen LogP contribution in [0.25, 0.3) is 22.2 Å². The quantitative estimate of drug-likeness (QED) is 0.670. The van der Waals surface area contributed by atoms with E-state index in [0.29, 0.717) is 28.1 Å². The number of nitrogens with one attached hydrogen (secondary N) is 1. The van der Waals surface area contributed by atoms with Gasteiger partial charge in [0.2, 0.25) is 5.82 Å². The monoisotopic (exact) mass is 325 g/mol. The molecule has 7 heteroatoms. The number of aromatic nitrogens is 3. The van der Waals surface area contributed by atoms with Crippen LogP contribution in [-0.4, -0.2) is 15.1 Å². The highest BCUT2D eigenvalue weighted by molar-refractivity contribution is 5.86. The molecule has 0 fully saturated rings. The highest BCUT2D eigenvalue weighted by atomic mass is 19.4. The smallest absolute Gasteiger partial charge is 0.361 e. The van der Waals surface area contributed by atoms with E-state index in [0.717, 1.165) is 11.1 Å². The summed E-state index contributed by atoms with van der Waals surface area (Å²) in [6.45, 7) is 9.29. The Morgan fingerprint density at radius 1 is 1.09 bits per heavy atom. The summed E-state index contributed by atoms with van der Waals surface area (Å²) in [5.74, 6) is -0.363. The summed E-state index contributed by atoms with van der Waals surface area (Å²) in [5, 5.41) is 3.87. The molecule has 0 aliphatic rings. The number of hydrogen-bond acceptors (Lipinski definition) is 3. The minimum atomic E-state index is -4.49. The van der Waals surface area contributed by atoms with E-state index in [1.165, 1.54) is 0 Å². The number of aromatic amines is 1. The van der Waals surface area contributed by atoms with E-state index in [1.54, 1.807) is 32.9 Å². The first-order chi connectivity index (χ1) is 10.8. The van der Waals surface area contributed by atoms with E-state index in [1.807, 2.05) is 13.8 Å². The third-order valence-corrected chi connectivity index (χ3v) is 3.37. The Hall–Kier alpha value is -2.31. The molecule has 2 aromatic heterocycles. The molecule has 0 radical (unpaired) electrons. The van der Waals surface area contributed by atoms with Crippen LogP contribution in [0.4, 0.5) is 13.2 Å². The van der Waals surface area contributed by atoms with Crippen molar-refractivity contribution in [3.05, 3.63) is 35.0 Å². The maximum absolute atomic E-state index is 12.7. The summed E-state index contributed by atoms with van der Waals surface area (Å²) in [4.78, 5) is 5.96. The molecule has 0 atom stereocenters. The predicted octanol–water partition coefficient (Wildman–Crippen LogP) is 5.19. The zero-order chi connectivity index (χ0) is 17.4. The van der Waals surface area contributed by atoms with Crippen molar-refractivity contribution in [3.63, 3.8) is 0 Å². The molecule has 4 nitrogen and oxygen atoms in total. The maximum atomic E-state index is 12.7. The van der Waals surface area contributed by atoms with Crippen LogP contribution in [-0.2, 0) is 6.18 Å². The van der Waals surface area contributed by atoms with E-state index in [4.69, 9.17) is 4.52 Å². The summed E-state index contributed by atoms with van der Waals surface area (Å²) in [6, 6.07) is 3.42. The average molecular weight is 325 g/mol. The van der Waals surface area contributed by atoms with E-state index >= 15 is 0 Å². The first kappa shape index (κ1) is 17.1. The van der Waals surface area contributed by atoms with Crippen molar-refractivity contribution in [1.29, 1.82) is 0 Å². The number of imidazole rings is 1. The van der Waals surface area contributed by atoms with Crippen LogP contribution in [0.15, 0.2) is 16.7 Å². The van der Waals surface area contributed by atoms with Crippen LogP contribution < -0.4 is 0 Å². The van der Waals surface area contributed by atoms with Gasteiger partial charge in [-0.15, -0.1) is 0 Å². The summed E-state index contributed by atoms with van der Waals surface area (Å²) in [6.07, 6.45) is -4.49. The molecule has 124 valence electrons. The van der Waals surface area contributed by atoms with E-state index in [-0.39, 0.29) is 0 Å². The topological polar surface area (TPSA) is 54.7 Å². The predicted molar refractivity (Wildman–Crippen MR) is 82.2 cm³/mol. The van der Waals surface area contributed by atoms with Crippen LogP contribution in [0.1, 0.15) is 36.7 Å². The number of hydrogen-bond donors (Lipinski definition) is 1. The van der Waals surface area contributed by atoms with Crippen molar-refractivity contribution in [2.75, 3.05) is 0 Å². The largest absolute Gasteiger partial charge is 0.449 e. The van der Waals surface area contributed by atoms with Crippen molar-refractivity contribution in [2.45, 2.75) is 40.8 Å². The van der Waals surface area contributed by atoms with Crippen LogP contribution in [0.2, 0.25) is 0 Å². The first-order valence-electron chi connectivity index (χ1n) is 7.28. The molecule has 0 aliphatic carbocycles. The standard InChI is InChI=1S/C14H12F3N3O.C2H6/c1-6-4-9(11-7(2)20-21-8(11)3)5-10-12(6)19-13(18-10)14(15,16)17;1-2/h4-5H,1-3H3,(H,18,19);1-2H3. The second-order valence-corrected chi connectivity index (χ2v) is 4.97. The molecule has 3 rings (SSSR count). The van der Waals surface area contributed by atoms with E-state index < -0.39 is 12.0 Å². The summed E-state index contributed by atoms with van der Waals surface area (Å²) in [5.41, 5.74) is 3.57. The maximum Gasteiger partial charge on any atom is 0.449 e. The molecule has 23 heavy (non-hydrogen) atoms. The van der Waals surface area contributed by atoms with Crippen LogP contribution in [0.5, 0.6) is 0 Å². The van der Waals surface area contributed by atoms with Gasteiger partial charge in [0.25, 0.3) is 0 Å². The Morgan fingerprint density at radius 2 is 1.74 bits per heavy atom. The van der Waals surface area contributed by atoms with Gasteiger partial charge in [-0.2, -0.15) is 13.2 Å². The summed E-state index contributed by atoms with van der Waals surface area (Å²) in [7, 11) is 0. The summed E-state index contributed by atoms with van der Waals surface area (Å²) >= 11 is 0. The van der Waals surface area contributed by atoms with Crippen LogP contribution >= 0.6 is 0 Å². The number of nitrogens with zero attached hydrogens (tertiary/aromatic N) is 2. The van der Waals surface area contributed by atoms with Gasteiger partial charge in [0.1, 0.15) is 5.76 Å². The lowest BCUT2D eigenvalue weighted by Gasteiger charge is -2.03. The Balaban J connectivity index is 0.000000924. The lowest BCUT2D eigenvalue weighted by Crippen LogP contribution is -2.06. The molecule has 3 aromatic rings. The Bertz CT molecular complexity index is 812. The Morgan fingerprint density at radius 3 is 2.26 bits per heavy atom. The highest BCUT2D eigenvalue weighted by Gasteiger charge is 2.35. The number of rotatable bonds is 1. The van der Waals surface area contributed by atoms with Gasteiger partial charge < -0.3 is 9.51 Å². The number of alkyl halides is 3. The Kier molecular flexibility index (Phi) is 4.49. The average Bonchev–Trinajstić information content (AvgIpc) is 3.05. The number of halogens is 3. The molecule has 0 amide bonds. The van der Waals surface area contributed by atoms with Crippen molar-refractivity contribution in [2.24, 2.45) is 0 Å². The molecule has 0 aliphatic heterocycles. The molecule has 0 unspecified atom stereocenters. The number of fused-ring (bicyclic) bond motifs is 1. The molecule has 0 spiro atoms. The first-order valence-corrected chi connectivity index (χ1v) is 7.28. The lowest BCUT2D eigenvalue weighted by atomic mass is 10.0. The fraction of sp³-hybridized carbons (Fsp3) is 0.375. The zero-order valence-electron chi connectivity index (χ0n) is 13.6. The molecule has 0 saturated carbocycles. The minimum Gasteiger partial charge on any atom is -0.361 e. The molecule has 1 aromatic carbocycles. The van der Waals surface area contributed by atoms with Gasteiger partial charge >= 0.3 is 6.18 Å². The van der Waals surface area contributed by atoms with Gasteiger partial charge in [-0.05, 0) is 44.0 Å². The van der Waals surface area contributed by atoms with Gasteiger partial charge in [0.15, 0.2) is 0 Å². The van der Waals surface area contributed by atoms with Crippen molar-refractivity contribution in [3.8, 4) is 11.1 Å². The molecule has 0 saturated heterocycles. The third-order valence-electron chi connectivity index (χ3n) is 3.37. The molecule has 0 bridgehead atoms. The number of H-pyrrole nitrogens is 1. The normalized spacial score (nSPS) is 11.5. The van der Waals surface area contributed by atoms with Crippen LogP contribution in [0, 0.1) is 20.8 Å². The SMILES string of the molecule is CC.Cc1noc(C)c1-c1cc(C)c2nc(C(F)(F)F)[nH]c2c1. The molecular formula is C16H18F3N3O. The second-order valence-electron chi connectivity index (χ2n) is 4.97.